The van der Waals surface area contributed by atoms with Crippen molar-refractivity contribution in [1.82, 2.24) is 0 Å². The van der Waals surface area contributed by atoms with E-state index in [9.17, 15) is 29.1 Å². The van der Waals surface area contributed by atoms with E-state index in [4.69, 9.17) is 18.9 Å². The molecule has 2 rings (SSSR count). The summed E-state index contributed by atoms with van der Waals surface area (Å²) < 4.78 is 19.7. The second kappa shape index (κ2) is 11.4. The molecule has 0 saturated heterocycles. The van der Waals surface area contributed by atoms with Crippen LogP contribution in [0.5, 0.6) is 0 Å². The predicted molar refractivity (Wildman–Crippen MR) is 96.1 cm³/mol. The van der Waals surface area contributed by atoms with Crippen molar-refractivity contribution in [1.29, 1.82) is 0 Å². The van der Waals surface area contributed by atoms with Gasteiger partial charge in [0.2, 0.25) is 0 Å². The van der Waals surface area contributed by atoms with Crippen molar-refractivity contribution < 1.29 is 77.6 Å². The SMILES string of the molecule is CCOC(=O)C1=C([O-])C(C(=O)OCC)C2C1=C(C(=O)OCC)C(=O)C2C(=O)OCC.[Na+]. The molecule has 0 fully saturated rings. The zero-order valence-electron chi connectivity index (χ0n) is 18.1. The van der Waals surface area contributed by atoms with Gasteiger partial charge >= 0.3 is 53.4 Å². The number of hydrogen-bond donors (Lipinski definition) is 0. The molecule has 10 nitrogen and oxygen atoms in total. The van der Waals surface area contributed by atoms with Crippen LogP contribution in [-0.4, -0.2) is 56.1 Å². The fraction of sp³-hybridized carbons (Fsp3) is 0.550. The molecule has 31 heavy (non-hydrogen) atoms. The Labute approximate surface area is 201 Å². The topological polar surface area (TPSA) is 145 Å². The molecular weight excluding hydrogens is 423 g/mol. The van der Waals surface area contributed by atoms with Crippen LogP contribution in [0, 0.1) is 17.8 Å². The van der Waals surface area contributed by atoms with E-state index >= 15 is 0 Å². The van der Waals surface area contributed by atoms with Crippen molar-refractivity contribution in [2.75, 3.05) is 26.4 Å². The number of carbonyl (C=O) groups is 5. The van der Waals surface area contributed by atoms with E-state index in [1.807, 2.05) is 0 Å². The molecule has 0 N–H and O–H groups in total. The van der Waals surface area contributed by atoms with Gasteiger partial charge in [-0.3, -0.25) is 14.4 Å². The molecule has 0 saturated carbocycles. The van der Waals surface area contributed by atoms with E-state index in [1.165, 1.54) is 27.7 Å². The Bertz CT molecular complexity index is 841. The number of fused-ring (bicyclic) bond motifs is 1. The summed E-state index contributed by atoms with van der Waals surface area (Å²) >= 11 is 0. The average Bonchev–Trinajstić information content (AvgIpc) is 3.11. The fourth-order valence-electron chi connectivity index (χ4n) is 3.69. The van der Waals surface area contributed by atoms with Crippen LogP contribution >= 0.6 is 0 Å². The molecule has 11 heteroatoms. The van der Waals surface area contributed by atoms with Crippen molar-refractivity contribution in [2.45, 2.75) is 27.7 Å². The molecule has 164 valence electrons. The number of carbonyl (C=O) groups excluding carboxylic acids is 5. The Hall–Kier alpha value is -2.17. The van der Waals surface area contributed by atoms with Crippen molar-refractivity contribution in [3.05, 3.63) is 22.5 Å². The second-order valence-corrected chi connectivity index (χ2v) is 6.32. The summed E-state index contributed by atoms with van der Waals surface area (Å²) in [6.45, 7) is 5.68. The predicted octanol–water partition coefficient (Wildman–Crippen LogP) is -3.40. The molecule has 0 bridgehead atoms. The maximum absolute atomic E-state index is 13.0. The largest absolute Gasteiger partial charge is 1.00 e. The molecule has 2 aliphatic rings. The first-order valence-electron chi connectivity index (χ1n) is 9.63. The Morgan fingerprint density at radius 3 is 1.61 bits per heavy atom. The van der Waals surface area contributed by atoms with Crippen LogP contribution in [0.1, 0.15) is 27.7 Å². The molecule has 0 aromatic rings. The number of ether oxygens (including phenoxy) is 4. The third-order valence-corrected chi connectivity index (χ3v) is 4.69. The molecule has 0 amide bonds. The first-order chi connectivity index (χ1) is 14.3. The molecule has 0 aliphatic heterocycles. The van der Waals surface area contributed by atoms with Crippen LogP contribution in [-0.2, 0) is 42.9 Å². The summed E-state index contributed by atoms with van der Waals surface area (Å²) in [4.78, 5) is 63.1. The Kier molecular flexibility index (Phi) is 9.92. The maximum Gasteiger partial charge on any atom is 1.00 e. The van der Waals surface area contributed by atoms with Crippen molar-refractivity contribution in [3.8, 4) is 0 Å². The van der Waals surface area contributed by atoms with Gasteiger partial charge in [0.1, 0.15) is 11.5 Å². The molecular formula is C20H23NaO10. The normalized spacial score (nSPS) is 21.9. The summed E-state index contributed by atoms with van der Waals surface area (Å²) in [5.74, 6) is -10.9. The quantitative estimate of drug-likeness (QED) is 0.122. The number of esters is 4. The molecule has 0 aromatic heterocycles. The van der Waals surface area contributed by atoms with Gasteiger partial charge in [-0.2, -0.15) is 0 Å². The van der Waals surface area contributed by atoms with E-state index in [1.54, 1.807) is 0 Å². The number of Topliss-reactive ketones (excluding diaryl/α,β-unsaturated/α-hetero) is 1. The van der Waals surface area contributed by atoms with Crippen molar-refractivity contribution >= 4 is 29.7 Å². The van der Waals surface area contributed by atoms with Gasteiger partial charge in [0.15, 0.2) is 5.78 Å². The van der Waals surface area contributed by atoms with Gasteiger partial charge in [-0.25, -0.2) is 9.59 Å². The summed E-state index contributed by atoms with van der Waals surface area (Å²) in [6.07, 6.45) is 0. The van der Waals surface area contributed by atoms with E-state index in [0.29, 0.717) is 0 Å². The molecule has 3 unspecified atom stereocenters. The monoisotopic (exact) mass is 446 g/mol. The minimum absolute atomic E-state index is 0. The van der Waals surface area contributed by atoms with Crippen LogP contribution in [0.2, 0.25) is 0 Å². The van der Waals surface area contributed by atoms with Gasteiger partial charge in [0, 0.05) is 5.92 Å². The standard InChI is InChI=1S/C20H24O10.Na/c1-5-27-17(23)11-9-10(13(15(11)21)19(25)29-7-3)14(20(26)30-8-4)16(22)12(9)18(24)28-6-2;/h9,11-12,21H,5-8H2,1-4H3;/q;+1/p-1. The summed E-state index contributed by atoms with van der Waals surface area (Å²) in [6, 6.07) is 0. The van der Waals surface area contributed by atoms with Crippen LogP contribution in [0.3, 0.4) is 0 Å². The summed E-state index contributed by atoms with van der Waals surface area (Å²) in [7, 11) is 0. The summed E-state index contributed by atoms with van der Waals surface area (Å²) in [5, 5.41) is 13.0. The maximum atomic E-state index is 13.0. The zero-order chi connectivity index (χ0) is 22.6. The average molecular weight is 446 g/mol. The minimum atomic E-state index is -1.66. The van der Waals surface area contributed by atoms with Gasteiger partial charge in [0.25, 0.3) is 0 Å². The first kappa shape index (κ1) is 26.9. The van der Waals surface area contributed by atoms with Gasteiger partial charge in [-0.1, -0.05) is 0 Å². The van der Waals surface area contributed by atoms with E-state index in [-0.39, 0.29) is 61.6 Å². The number of hydrogen-bond acceptors (Lipinski definition) is 10. The zero-order valence-corrected chi connectivity index (χ0v) is 20.1. The van der Waals surface area contributed by atoms with Gasteiger partial charge < -0.3 is 24.1 Å². The van der Waals surface area contributed by atoms with Crippen molar-refractivity contribution in [3.63, 3.8) is 0 Å². The fourth-order valence-corrected chi connectivity index (χ4v) is 3.69. The number of rotatable bonds is 8. The smallest absolute Gasteiger partial charge is 0.874 e. The van der Waals surface area contributed by atoms with Gasteiger partial charge in [-0.05, 0) is 33.3 Å². The van der Waals surface area contributed by atoms with E-state index < -0.39 is 64.3 Å². The molecule has 0 heterocycles. The van der Waals surface area contributed by atoms with Gasteiger partial charge in [-0.15, -0.1) is 5.76 Å². The van der Waals surface area contributed by atoms with Crippen LogP contribution < -0.4 is 34.7 Å². The van der Waals surface area contributed by atoms with Crippen LogP contribution in [0.25, 0.3) is 0 Å². The second-order valence-electron chi connectivity index (χ2n) is 6.32. The summed E-state index contributed by atoms with van der Waals surface area (Å²) in [5.41, 5.74) is -1.57. The molecule has 0 aromatic carbocycles. The molecule has 0 radical (unpaired) electrons. The number of ketones is 1. The minimum Gasteiger partial charge on any atom is -0.874 e. The van der Waals surface area contributed by atoms with Gasteiger partial charge in [0.05, 0.1) is 37.9 Å². The third-order valence-electron chi connectivity index (χ3n) is 4.69. The first-order valence-corrected chi connectivity index (χ1v) is 9.63. The Morgan fingerprint density at radius 1 is 0.742 bits per heavy atom. The molecule has 0 spiro atoms. The van der Waals surface area contributed by atoms with Crippen molar-refractivity contribution in [2.24, 2.45) is 17.8 Å². The Balaban J connectivity index is 0.00000480. The Morgan fingerprint density at radius 2 is 1.16 bits per heavy atom. The van der Waals surface area contributed by atoms with E-state index in [0.717, 1.165) is 0 Å². The third kappa shape index (κ3) is 4.86. The van der Waals surface area contributed by atoms with Crippen LogP contribution in [0.4, 0.5) is 0 Å². The molecule has 3 atom stereocenters. The van der Waals surface area contributed by atoms with E-state index in [2.05, 4.69) is 0 Å². The molecule has 2 aliphatic carbocycles. The van der Waals surface area contributed by atoms with Crippen LogP contribution in [0.15, 0.2) is 22.5 Å².